The lowest BCUT2D eigenvalue weighted by molar-refractivity contribution is -0.127. The average molecular weight is 312 g/mol. The maximum Gasteiger partial charge on any atom is 0.246 e. The molecular formula is C14H20N2O4S. The zero-order chi connectivity index (χ0) is 15.5. The molecule has 1 aliphatic rings. The molecule has 1 atom stereocenters. The Morgan fingerprint density at radius 3 is 2.86 bits per heavy atom. The van der Waals surface area contributed by atoms with Crippen LogP contribution in [0.15, 0.2) is 22.6 Å². The van der Waals surface area contributed by atoms with E-state index in [-0.39, 0.29) is 11.9 Å². The predicted molar refractivity (Wildman–Crippen MR) is 80.1 cm³/mol. The van der Waals surface area contributed by atoms with Gasteiger partial charge in [0.05, 0.1) is 6.26 Å². The fourth-order valence-corrected chi connectivity index (χ4v) is 3.18. The van der Waals surface area contributed by atoms with Crippen LogP contribution in [-0.2, 0) is 14.8 Å². The van der Waals surface area contributed by atoms with Gasteiger partial charge in [0.15, 0.2) is 0 Å². The van der Waals surface area contributed by atoms with Crippen molar-refractivity contribution in [1.82, 2.24) is 9.62 Å². The van der Waals surface area contributed by atoms with Gasteiger partial charge >= 0.3 is 0 Å². The van der Waals surface area contributed by atoms with Gasteiger partial charge in [0.2, 0.25) is 15.9 Å². The molecule has 1 amide bonds. The Morgan fingerprint density at radius 1 is 1.48 bits per heavy atom. The van der Waals surface area contributed by atoms with Crippen molar-refractivity contribution in [3.63, 3.8) is 0 Å². The second-order valence-electron chi connectivity index (χ2n) is 5.30. The molecule has 1 aromatic heterocycles. The number of furan rings is 1. The summed E-state index contributed by atoms with van der Waals surface area (Å²) in [6.45, 7) is 2.88. The van der Waals surface area contributed by atoms with E-state index >= 15 is 0 Å². The molecule has 0 bridgehead atoms. The Hall–Kier alpha value is -1.60. The van der Waals surface area contributed by atoms with E-state index in [1.54, 1.807) is 17.0 Å². The molecule has 2 rings (SSSR count). The summed E-state index contributed by atoms with van der Waals surface area (Å²) in [5.74, 6) is 1.28. The third kappa shape index (κ3) is 5.02. The van der Waals surface area contributed by atoms with E-state index < -0.39 is 10.0 Å². The monoisotopic (exact) mass is 312 g/mol. The number of carbonyl (C=O) groups excluding carboxylic acids is 1. The first kappa shape index (κ1) is 15.8. The topological polar surface area (TPSA) is 79.6 Å². The summed E-state index contributed by atoms with van der Waals surface area (Å²) < 4.78 is 30.4. The van der Waals surface area contributed by atoms with Crippen LogP contribution in [-0.4, -0.2) is 44.6 Å². The van der Waals surface area contributed by atoms with Crippen molar-refractivity contribution in [3.05, 3.63) is 29.7 Å². The Balaban J connectivity index is 1.94. The highest BCUT2D eigenvalue weighted by molar-refractivity contribution is 7.88. The highest BCUT2D eigenvalue weighted by Gasteiger charge is 2.24. The number of nitrogens with zero attached hydrogens (tertiary/aromatic N) is 1. The summed E-state index contributed by atoms with van der Waals surface area (Å²) in [5, 5.41) is 0. The van der Waals surface area contributed by atoms with Crippen molar-refractivity contribution in [1.29, 1.82) is 0 Å². The molecule has 1 saturated heterocycles. The maximum atomic E-state index is 12.1. The third-order valence-electron chi connectivity index (χ3n) is 3.27. The molecule has 1 aromatic rings. The first-order valence-electron chi connectivity index (χ1n) is 6.84. The first-order valence-corrected chi connectivity index (χ1v) is 8.73. The number of hydrogen-bond donors (Lipinski definition) is 1. The van der Waals surface area contributed by atoms with Crippen LogP contribution in [0.4, 0.5) is 0 Å². The van der Waals surface area contributed by atoms with Gasteiger partial charge in [-0.3, -0.25) is 4.79 Å². The van der Waals surface area contributed by atoms with E-state index in [0.717, 1.165) is 24.9 Å². The first-order chi connectivity index (χ1) is 9.83. The van der Waals surface area contributed by atoms with Gasteiger partial charge in [0.25, 0.3) is 0 Å². The van der Waals surface area contributed by atoms with Gasteiger partial charge in [-0.1, -0.05) is 0 Å². The van der Waals surface area contributed by atoms with Crippen LogP contribution in [0.25, 0.3) is 6.08 Å². The van der Waals surface area contributed by atoms with E-state index in [1.165, 1.54) is 6.08 Å². The summed E-state index contributed by atoms with van der Waals surface area (Å²) in [7, 11) is -3.25. The summed E-state index contributed by atoms with van der Waals surface area (Å²) in [6, 6.07) is 3.41. The molecule has 116 valence electrons. The number of likely N-dealkylation sites (tertiary alicyclic amines) is 1. The summed E-state index contributed by atoms with van der Waals surface area (Å²) in [5.41, 5.74) is 0. The van der Waals surface area contributed by atoms with Gasteiger partial charge in [-0.05, 0) is 38.0 Å². The SMILES string of the molecule is Cc1ccc(C=CC(=O)N2CCCC(NS(C)(=O)=O)C2)o1. The number of amides is 1. The Bertz CT molecular complexity index is 633. The molecule has 0 radical (unpaired) electrons. The van der Waals surface area contributed by atoms with Crippen LogP contribution in [0.5, 0.6) is 0 Å². The number of carbonyl (C=O) groups is 1. The highest BCUT2D eigenvalue weighted by Crippen LogP contribution is 2.13. The van der Waals surface area contributed by atoms with Gasteiger partial charge < -0.3 is 9.32 Å². The fourth-order valence-electron chi connectivity index (χ4n) is 2.38. The molecule has 6 nitrogen and oxygen atoms in total. The lowest BCUT2D eigenvalue weighted by atomic mass is 10.1. The zero-order valence-electron chi connectivity index (χ0n) is 12.2. The molecule has 7 heteroatoms. The summed E-state index contributed by atoms with van der Waals surface area (Å²) in [6.07, 6.45) is 5.75. The molecule has 1 aliphatic heterocycles. The molecule has 0 spiro atoms. The van der Waals surface area contributed by atoms with Crippen molar-refractivity contribution in [3.8, 4) is 0 Å². The fraction of sp³-hybridized carbons (Fsp3) is 0.500. The van der Waals surface area contributed by atoms with Crippen LogP contribution >= 0.6 is 0 Å². The van der Waals surface area contributed by atoms with E-state index in [9.17, 15) is 13.2 Å². The molecule has 0 saturated carbocycles. The Kier molecular flexibility index (Phi) is 4.84. The van der Waals surface area contributed by atoms with Crippen molar-refractivity contribution in [2.24, 2.45) is 0 Å². The number of nitrogens with one attached hydrogen (secondary N) is 1. The minimum Gasteiger partial charge on any atom is -0.462 e. The second kappa shape index (κ2) is 6.44. The molecular weight excluding hydrogens is 292 g/mol. The van der Waals surface area contributed by atoms with Crippen LogP contribution in [0.3, 0.4) is 0 Å². The largest absolute Gasteiger partial charge is 0.462 e. The van der Waals surface area contributed by atoms with Crippen LogP contribution in [0.2, 0.25) is 0 Å². The van der Waals surface area contributed by atoms with Gasteiger partial charge in [-0.15, -0.1) is 0 Å². The number of piperidine rings is 1. The molecule has 1 fully saturated rings. The van der Waals surface area contributed by atoms with E-state index in [1.807, 2.05) is 13.0 Å². The van der Waals surface area contributed by atoms with Crippen molar-refractivity contribution >= 4 is 22.0 Å². The van der Waals surface area contributed by atoms with Crippen molar-refractivity contribution < 1.29 is 17.6 Å². The van der Waals surface area contributed by atoms with E-state index in [2.05, 4.69) is 4.72 Å². The minimum atomic E-state index is -3.25. The number of aryl methyl sites for hydroxylation is 1. The van der Waals surface area contributed by atoms with Gasteiger partial charge in [0, 0.05) is 25.2 Å². The zero-order valence-corrected chi connectivity index (χ0v) is 13.0. The van der Waals surface area contributed by atoms with Gasteiger partial charge in [0.1, 0.15) is 11.5 Å². The highest BCUT2D eigenvalue weighted by atomic mass is 32.2. The molecule has 1 unspecified atom stereocenters. The summed E-state index contributed by atoms with van der Waals surface area (Å²) in [4.78, 5) is 13.8. The molecule has 21 heavy (non-hydrogen) atoms. The predicted octanol–water partition coefficient (Wildman–Crippen LogP) is 1.14. The quantitative estimate of drug-likeness (QED) is 0.846. The molecule has 1 N–H and O–H groups in total. The lowest BCUT2D eigenvalue weighted by Crippen LogP contribution is -2.48. The second-order valence-corrected chi connectivity index (χ2v) is 7.08. The smallest absolute Gasteiger partial charge is 0.246 e. The maximum absolute atomic E-state index is 12.1. The Labute approximate surface area is 124 Å². The van der Waals surface area contributed by atoms with Crippen molar-refractivity contribution in [2.75, 3.05) is 19.3 Å². The normalized spacial score (nSPS) is 20.1. The summed E-state index contributed by atoms with van der Waals surface area (Å²) >= 11 is 0. The number of sulfonamides is 1. The molecule has 2 heterocycles. The number of hydrogen-bond acceptors (Lipinski definition) is 4. The van der Waals surface area contributed by atoms with Crippen LogP contribution < -0.4 is 4.72 Å². The Morgan fingerprint density at radius 2 is 2.24 bits per heavy atom. The van der Waals surface area contributed by atoms with Crippen LogP contribution in [0, 0.1) is 6.92 Å². The van der Waals surface area contributed by atoms with E-state index in [0.29, 0.717) is 18.8 Å². The van der Waals surface area contributed by atoms with Crippen LogP contribution in [0.1, 0.15) is 24.4 Å². The van der Waals surface area contributed by atoms with Crippen molar-refractivity contribution in [2.45, 2.75) is 25.8 Å². The average Bonchev–Trinajstić information content (AvgIpc) is 2.80. The van der Waals surface area contributed by atoms with E-state index in [4.69, 9.17) is 4.42 Å². The third-order valence-corrected chi connectivity index (χ3v) is 4.03. The minimum absolute atomic E-state index is 0.135. The lowest BCUT2D eigenvalue weighted by Gasteiger charge is -2.32. The number of rotatable bonds is 4. The van der Waals surface area contributed by atoms with Gasteiger partial charge in [-0.25, -0.2) is 13.1 Å². The standard InChI is InChI=1S/C14H20N2O4S/c1-11-5-6-13(20-11)7-8-14(17)16-9-3-4-12(10-16)15-21(2,18)19/h5-8,12,15H,3-4,9-10H2,1-2H3. The van der Waals surface area contributed by atoms with Gasteiger partial charge in [-0.2, -0.15) is 0 Å². The molecule has 0 aliphatic carbocycles. The molecule has 0 aromatic carbocycles.